The molecule has 0 N–H and O–H groups in total. The first-order chi connectivity index (χ1) is 6.61. The molecule has 0 aromatic rings. The smallest absolute Gasteiger partial charge is 0.331 e. The standard InChI is InChI=1S/C12H18O2/c1-5-7-10(3)11(4)9-12(13)14-8-6-2/h2,9-10H,5,7-8H2,1,3-4H3/b11-9+. The summed E-state index contributed by atoms with van der Waals surface area (Å²) < 4.78 is 4.74. The van der Waals surface area contributed by atoms with Crippen LogP contribution in [0.3, 0.4) is 0 Å². The molecule has 0 heterocycles. The van der Waals surface area contributed by atoms with Crippen LogP contribution in [0.4, 0.5) is 0 Å². The van der Waals surface area contributed by atoms with E-state index in [4.69, 9.17) is 11.2 Å². The Bertz CT molecular complexity index is 246. The third-order valence-electron chi connectivity index (χ3n) is 2.14. The monoisotopic (exact) mass is 194 g/mol. The van der Waals surface area contributed by atoms with Crippen molar-refractivity contribution in [2.75, 3.05) is 6.61 Å². The number of carbonyl (C=O) groups excluding carboxylic acids is 1. The highest BCUT2D eigenvalue weighted by Crippen LogP contribution is 2.15. The van der Waals surface area contributed by atoms with Crippen LogP contribution in [0, 0.1) is 18.3 Å². The topological polar surface area (TPSA) is 26.3 Å². The predicted molar refractivity (Wildman–Crippen MR) is 57.6 cm³/mol. The normalized spacial score (nSPS) is 13.1. The van der Waals surface area contributed by atoms with E-state index in [1.54, 1.807) is 0 Å². The Morgan fingerprint density at radius 1 is 1.64 bits per heavy atom. The van der Waals surface area contributed by atoms with Gasteiger partial charge in [-0.05, 0) is 19.3 Å². The fourth-order valence-electron chi connectivity index (χ4n) is 1.14. The molecule has 0 aliphatic rings. The van der Waals surface area contributed by atoms with Crippen molar-refractivity contribution in [1.29, 1.82) is 0 Å². The largest absolute Gasteiger partial charge is 0.449 e. The van der Waals surface area contributed by atoms with Crippen LogP contribution in [-0.2, 0) is 9.53 Å². The lowest BCUT2D eigenvalue weighted by molar-refractivity contribution is -0.136. The van der Waals surface area contributed by atoms with Crippen molar-refractivity contribution in [3.8, 4) is 12.3 Å². The summed E-state index contributed by atoms with van der Waals surface area (Å²) in [5, 5.41) is 0. The van der Waals surface area contributed by atoms with Crippen molar-refractivity contribution in [1.82, 2.24) is 0 Å². The zero-order valence-electron chi connectivity index (χ0n) is 9.17. The van der Waals surface area contributed by atoms with Crippen molar-refractivity contribution in [3.63, 3.8) is 0 Å². The highest BCUT2D eigenvalue weighted by atomic mass is 16.5. The van der Waals surface area contributed by atoms with Gasteiger partial charge in [0, 0.05) is 6.08 Å². The Kier molecular flexibility index (Phi) is 6.57. The molecule has 1 atom stereocenters. The summed E-state index contributed by atoms with van der Waals surface area (Å²) in [5.41, 5.74) is 1.05. The fourth-order valence-corrected chi connectivity index (χ4v) is 1.14. The Hall–Kier alpha value is -1.23. The number of esters is 1. The number of carbonyl (C=O) groups is 1. The molecule has 1 unspecified atom stereocenters. The maximum atomic E-state index is 11.1. The highest BCUT2D eigenvalue weighted by Gasteiger charge is 2.05. The molecule has 2 nitrogen and oxygen atoms in total. The van der Waals surface area contributed by atoms with Crippen LogP contribution >= 0.6 is 0 Å². The lowest BCUT2D eigenvalue weighted by atomic mass is 9.97. The van der Waals surface area contributed by atoms with Crippen LogP contribution in [-0.4, -0.2) is 12.6 Å². The van der Waals surface area contributed by atoms with Crippen LogP contribution in [0.5, 0.6) is 0 Å². The zero-order valence-corrected chi connectivity index (χ0v) is 9.17. The van der Waals surface area contributed by atoms with E-state index in [9.17, 15) is 4.79 Å². The average molecular weight is 194 g/mol. The minimum Gasteiger partial charge on any atom is -0.449 e. The molecule has 0 aliphatic carbocycles. The van der Waals surface area contributed by atoms with E-state index < -0.39 is 0 Å². The second-order valence-corrected chi connectivity index (χ2v) is 3.39. The van der Waals surface area contributed by atoms with Crippen molar-refractivity contribution in [2.24, 2.45) is 5.92 Å². The molecule has 0 aliphatic heterocycles. The van der Waals surface area contributed by atoms with Crippen molar-refractivity contribution >= 4 is 5.97 Å². The van der Waals surface area contributed by atoms with Crippen molar-refractivity contribution < 1.29 is 9.53 Å². The van der Waals surface area contributed by atoms with Gasteiger partial charge in [0.25, 0.3) is 0 Å². The third kappa shape index (κ3) is 5.42. The van der Waals surface area contributed by atoms with E-state index in [0.717, 1.165) is 18.4 Å². The molecule has 0 spiro atoms. The van der Waals surface area contributed by atoms with Crippen LogP contribution in [0.15, 0.2) is 11.6 Å². The summed E-state index contributed by atoms with van der Waals surface area (Å²) in [6.07, 6.45) is 8.70. The first kappa shape index (κ1) is 12.8. The van der Waals surface area contributed by atoms with Gasteiger partial charge >= 0.3 is 5.97 Å². The van der Waals surface area contributed by atoms with Crippen LogP contribution in [0.2, 0.25) is 0 Å². The highest BCUT2D eigenvalue weighted by molar-refractivity contribution is 5.82. The zero-order chi connectivity index (χ0) is 11.0. The molecule has 14 heavy (non-hydrogen) atoms. The maximum Gasteiger partial charge on any atom is 0.331 e. The Labute approximate surface area is 86.3 Å². The summed E-state index contributed by atoms with van der Waals surface area (Å²) in [5.74, 6) is 2.34. The van der Waals surface area contributed by atoms with Crippen LogP contribution < -0.4 is 0 Å². The maximum absolute atomic E-state index is 11.1. The average Bonchev–Trinajstić information content (AvgIpc) is 2.15. The van der Waals surface area contributed by atoms with Gasteiger partial charge in [-0.15, -0.1) is 6.42 Å². The van der Waals surface area contributed by atoms with Gasteiger partial charge in [0.15, 0.2) is 6.61 Å². The lowest BCUT2D eigenvalue weighted by Crippen LogP contribution is -2.04. The van der Waals surface area contributed by atoms with Gasteiger partial charge in [-0.25, -0.2) is 4.79 Å². The van der Waals surface area contributed by atoms with E-state index in [1.165, 1.54) is 6.08 Å². The number of hydrogen-bond acceptors (Lipinski definition) is 2. The van der Waals surface area contributed by atoms with E-state index in [-0.39, 0.29) is 12.6 Å². The first-order valence-electron chi connectivity index (χ1n) is 4.90. The van der Waals surface area contributed by atoms with Gasteiger partial charge in [0.1, 0.15) is 0 Å². The molecular weight excluding hydrogens is 176 g/mol. The molecule has 0 rings (SSSR count). The van der Waals surface area contributed by atoms with Gasteiger partial charge in [0.2, 0.25) is 0 Å². The summed E-state index contributed by atoms with van der Waals surface area (Å²) in [4.78, 5) is 11.1. The fraction of sp³-hybridized carbons (Fsp3) is 0.583. The molecule has 0 aromatic heterocycles. The van der Waals surface area contributed by atoms with E-state index in [1.807, 2.05) is 6.92 Å². The van der Waals surface area contributed by atoms with Gasteiger partial charge < -0.3 is 4.74 Å². The molecule has 78 valence electrons. The van der Waals surface area contributed by atoms with Crippen LogP contribution in [0.25, 0.3) is 0 Å². The second kappa shape index (κ2) is 7.20. The molecule has 2 heteroatoms. The number of hydrogen-bond donors (Lipinski definition) is 0. The summed E-state index contributed by atoms with van der Waals surface area (Å²) >= 11 is 0. The molecule has 0 saturated carbocycles. The van der Waals surface area contributed by atoms with Crippen molar-refractivity contribution in [2.45, 2.75) is 33.6 Å². The minimum atomic E-state index is -0.344. The Balaban J connectivity index is 4.08. The molecule has 0 fully saturated rings. The number of rotatable bonds is 5. The number of ether oxygens (including phenoxy) is 1. The summed E-state index contributed by atoms with van der Waals surface area (Å²) in [7, 11) is 0. The molecule has 0 bridgehead atoms. The van der Waals surface area contributed by atoms with Gasteiger partial charge in [0.05, 0.1) is 0 Å². The first-order valence-corrected chi connectivity index (χ1v) is 4.90. The predicted octanol–water partition coefficient (Wildman–Crippen LogP) is 2.55. The SMILES string of the molecule is C#CCOC(=O)/C=C(\C)C(C)CCC. The number of terminal acetylenes is 1. The van der Waals surface area contributed by atoms with E-state index in [2.05, 4.69) is 19.8 Å². The Morgan fingerprint density at radius 2 is 2.29 bits per heavy atom. The van der Waals surface area contributed by atoms with Crippen LogP contribution in [0.1, 0.15) is 33.6 Å². The Morgan fingerprint density at radius 3 is 2.79 bits per heavy atom. The van der Waals surface area contributed by atoms with Gasteiger partial charge in [-0.2, -0.15) is 0 Å². The minimum absolute atomic E-state index is 0.0464. The summed E-state index contributed by atoms with van der Waals surface area (Å²) in [6.45, 7) is 6.21. The second-order valence-electron chi connectivity index (χ2n) is 3.39. The van der Waals surface area contributed by atoms with Gasteiger partial charge in [-0.1, -0.05) is 31.8 Å². The quantitative estimate of drug-likeness (QED) is 0.382. The summed E-state index contributed by atoms with van der Waals surface area (Å²) in [6, 6.07) is 0. The van der Waals surface area contributed by atoms with Crippen molar-refractivity contribution in [3.05, 3.63) is 11.6 Å². The molecule has 0 radical (unpaired) electrons. The van der Waals surface area contributed by atoms with E-state index in [0.29, 0.717) is 5.92 Å². The third-order valence-corrected chi connectivity index (χ3v) is 2.14. The van der Waals surface area contributed by atoms with E-state index >= 15 is 0 Å². The number of allylic oxidation sites excluding steroid dienone is 1. The molecule has 0 saturated heterocycles. The van der Waals surface area contributed by atoms with Gasteiger partial charge in [-0.3, -0.25) is 0 Å². The lowest BCUT2D eigenvalue weighted by Gasteiger charge is -2.09. The molecule has 0 amide bonds. The molecule has 0 aromatic carbocycles. The molecular formula is C12H18O2.